The van der Waals surface area contributed by atoms with Crippen LogP contribution in [0.1, 0.15) is 0 Å². The number of phenols is 3. The highest BCUT2D eigenvalue weighted by atomic mass is 16.5. The van der Waals surface area contributed by atoms with Crippen LogP contribution in [0, 0.1) is 0 Å². The van der Waals surface area contributed by atoms with Gasteiger partial charge in [0.1, 0.15) is 11.3 Å². The number of rotatable bonds is 10. The van der Waals surface area contributed by atoms with E-state index in [1.54, 1.807) is 6.07 Å². The lowest BCUT2D eigenvalue weighted by molar-refractivity contribution is 0.0518. The number of amides is 1. The fourth-order valence-corrected chi connectivity index (χ4v) is 2.95. The van der Waals surface area contributed by atoms with Crippen LogP contribution in [0.15, 0.2) is 51.9 Å². The van der Waals surface area contributed by atoms with Gasteiger partial charge in [-0.2, -0.15) is 0 Å². The van der Waals surface area contributed by atoms with Gasteiger partial charge in [0.2, 0.25) is 5.75 Å². The summed E-state index contributed by atoms with van der Waals surface area (Å²) >= 11 is 0. The molecule has 0 unspecified atom stereocenters. The lowest BCUT2D eigenvalue weighted by Crippen LogP contribution is -2.25. The van der Waals surface area contributed by atoms with Crippen molar-refractivity contribution in [3.05, 3.63) is 47.8 Å². The SMILES string of the molecule is O=C(O)NCCOCCOCC/N=c1/cc(-c2ccccc2)oc2cc(O)c(O)c(O)c12. The van der Waals surface area contributed by atoms with Gasteiger partial charge >= 0.3 is 6.09 Å². The summed E-state index contributed by atoms with van der Waals surface area (Å²) in [6, 6.07) is 12.1. The number of hydrogen-bond acceptors (Lipinski definition) is 8. The number of nitrogens with one attached hydrogen (secondary N) is 1. The first-order valence-electron chi connectivity index (χ1n) is 9.87. The zero-order valence-electron chi connectivity index (χ0n) is 17.2. The quantitative estimate of drug-likeness (QED) is 0.236. The summed E-state index contributed by atoms with van der Waals surface area (Å²) in [5, 5.41) is 41.3. The minimum atomic E-state index is -1.10. The summed E-state index contributed by atoms with van der Waals surface area (Å²) in [6.07, 6.45) is -1.10. The fourth-order valence-electron chi connectivity index (χ4n) is 2.95. The molecule has 5 N–H and O–H groups in total. The molecule has 0 radical (unpaired) electrons. The predicted molar refractivity (Wildman–Crippen MR) is 115 cm³/mol. The molecule has 1 amide bonds. The summed E-state index contributed by atoms with van der Waals surface area (Å²) in [5.74, 6) is -1.20. The van der Waals surface area contributed by atoms with Crippen LogP contribution < -0.4 is 10.7 Å². The first-order valence-corrected chi connectivity index (χ1v) is 9.87. The van der Waals surface area contributed by atoms with Crippen molar-refractivity contribution in [2.24, 2.45) is 4.99 Å². The molecule has 0 fully saturated rings. The molecule has 0 spiro atoms. The molecule has 1 aromatic heterocycles. The number of phenolic OH excluding ortho intramolecular Hbond substituents is 3. The summed E-state index contributed by atoms with van der Waals surface area (Å²) in [4.78, 5) is 14.8. The van der Waals surface area contributed by atoms with Gasteiger partial charge in [-0.05, 0) is 0 Å². The molecule has 1 heterocycles. The predicted octanol–water partition coefficient (Wildman–Crippen LogP) is 2.42. The molecule has 0 saturated carbocycles. The zero-order valence-corrected chi connectivity index (χ0v) is 17.2. The molecular formula is C22H24N2O8. The van der Waals surface area contributed by atoms with E-state index >= 15 is 0 Å². The number of hydrogen-bond donors (Lipinski definition) is 5. The third-order valence-electron chi connectivity index (χ3n) is 4.43. The number of aromatic hydroxyl groups is 3. The maximum atomic E-state index is 10.3. The van der Waals surface area contributed by atoms with E-state index in [1.165, 1.54) is 6.07 Å². The summed E-state index contributed by atoms with van der Waals surface area (Å²) < 4.78 is 16.5. The molecule has 0 saturated heterocycles. The Balaban J connectivity index is 1.71. The molecule has 3 aromatic rings. The van der Waals surface area contributed by atoms with E-state index in [2.05, 4.69) is 10.3 Å². The Kier molecular flexibility index (Phi) is 7.90. The highest BCUT2D eigenvalue weighted by Gasteiger charge is 2.16. The van der Waals surface area contributed by atoms with E-state index in [0.717, 1.165) is 5.56 Å². The number of ether oxygens (including phenoxy) is 2. The number of nitrogens with zero attached hydrogens (tertiary/aromatic N) is 1. The van der Waals surface area contributed by atoms with Gasteiger partial charge in [0, 0.05) is 24.2 Å². The molecule has 0 aliphatic heterocycles. The average molecular weight is 444 g/mol. The van der Waals surface area contributed by atoms with E-state index in [1.807, 2.05) is 30.3 Å². The lowest BCUT2D eigenvalue weighted by Gasteiger charge is -2.09. The van der Waals surface area contributed by atoms with Crippen LogP contribution in [0.25, 0.3) is 22.3 Å². The van der Waals surface area contributed by atoms with Crippen molar-refractivity contribution in [1.82, 2.24) is 5.32 Å². The van der Waals surface area contributed by atoms with Crippen LogP contribution >= 0.6 is 0 Å². The van der Waals surface area contributed by atoms with Gasteiger partial charge in [0.25, 0.3) is 0 Å². The van der Waals surface area contributed by atoms with Crippen LogP contribution in [0.3, 0.4) is 0 Å². The molecule has 0 bridgehead atoms. The molecule has 10 heteroatoms. The van der Waals surface area contributed by atoms with E-state index in [0.29, 0.717) is 24.3 Å². The topological polar surface area (TPSA) is 154 Å². The fraction of sp³-hybridized carbons (Fsp3) is 0.273. The van der Waals surface area contributed by atoms with Crippen LogP contribution in [0.5, 0.6) is 17.2 Å². The summed E-state index contributed by atoms with van der Waals surface area (Å²) in [7, 11) is 0. The first-order chi connectivity index (χ1) is 15.5. The Morgan fingerprint density at radius 3 is 2.41 bits per heavy atom. The minimum absolute atomic E-state index is 0.169. The van der Waals surface area contributed by atoms with E-state index in [4.69, 9.17) is 19.0 Å². The number of carboxylic acid groups (broad SMARTS) is 1. The van der Waals surface area contributed by atoms with E-state index in [-0.39, 0.29) is 37.3 Å². The maximum absolute atomic E-state index is 10.3. The molecule has 0 aliphatic rings. The van der Waals surface area contributed by atoms with Gasteiger partial charge in [-0.1, -0.05) is 30.3 Å². The Hall–Kier alpha value is -3.76. The van der Waals surface area contributed by atoms with Gasteiger partial charge in [0.15, 0.2) is 11.5 Å². The monoisotopic (exact) mass is 444 g/mol. The first kappa shape index (κ1) is 22.9. The number of fused-ring (bicyclic) bond motifs is 1. The number of carbonyl (C=O) groups is 1. The Labute approximate surface area is 183 Å². The van der Waals surface area contributed by atoms with Crippen molar-refractivity contribution in [3.63, 3.8) is 0 Å². The number of benzene rings is 2. The molecule has 170 valence electrons. The van der Waals surface area contributed by atoms with E-state index < -0.39 is 23.3 Å². The van der Waals surface area contributed by atoms with Crippen molar-refractivity contribution in [2.75, 3.05) is 39.5 Å². The molecule has 10 nitrogen and oxygen atoms in total. The largest absolute Gasteiger partial charge is 0.504 e. The van der Waals surface area contributed by atoms with Crippen LogP contribution in [0.2, 0.25) is 0 Å². The standard InChI is InChI=1S/C22H24N2O8/c25-16-13-18-19(21(27)20(16)26)15(12-17(32-18)14-4-2-1-3-5-14)23-6-8-30-10-11-31-9-7-24-22(28)29/h1-5,12-13,24-27H,6-11H2,(H,28,29)/b23-15-. The third-order valence-corrected chi connectivity index (χ3v) is 4.43. The van der Waals surface area contributed by atoms with Crippen molar-refractivity contribution in [3.8, 4) is 28.6 Å². The van der Waals surface area contributed by atoms with Gasteiger partial charge in [-0.15, -0.1) is 0 Å². The molecule has 2 aromatic carbocycles. The molecular weight excluding hydrogens is 420 g/mol. The van der Waals surface area contributed by atoms with Crippen molar-refractivity contribution >= 4 is 17.1 Å². The molecule has 0 aliphatic carbocycles. The minimum Gasteiger partial charge on any atom is -0.504 e. The molecule has 3 rings (SSSR count). The average Bonchev–Trinajstić information content (AvgIpc) is 2.78. The second kappa shape index (κ2) is 11.0. The maximum Gasteiger partial charge on any atom is 0.404 e. The van der Waals surface area contributed by atoms with Crippen LogP contribution in [-0.4, -0.2) is 66.0 Å². The Bertz CT molecular complexity index is 1130. The van der Waals surface area contributed by atoms with Gasteiger partial charge < -0.3 is 39.6 Å². The van der Waals surface area contributed by atoms with Crippen molar-refractivity contribution < 1.29 is 39.1 Å². The highest BCUT2D eigenvalue weighted by Crippen LogP contribution is 2.40. The van der Waals surface area contributed by atoms with Gasteiger partial charge in [-0.25, -0.2) is 4.79 Å². The Morgan fingerprint density at radius 2 is 1.69 bits per heavy atom. The van der Waals surface area contributed by atoms with Gasteiger partial charge in [0.05, 0.1) is 43.7 Å². The smallest absolute Gasteiger partial charge is 0.404 e. The summed E-state index contributed by atoms with van der Waals surface area (Å²) in [5.41, 5.74) is 0.950. The molecule has 0 atom stereocenters. The lowest BCUT2D eigenvalue weighted by atomic mass is 10.1. The summed E-state index contributed by atoms with van der Waals surface area (Å²) in [6.45, 7) is 1.60. The zero-order chi connectivity index (χ0) is 22.9. The second-order valence-corrected chi connectivity index (χ2v) is 6.67. The van der Waals surface area contributed by atoms with Gasteiger partial charge in [-0.3, -0.25) is 4.99 Å². The second-order valence-electron chi connectivity index (χ2n) is 6.67. The van der Waals surface area contributed by atoms with Crippen molar-refractivity contribution in [1.29, 1.82) is 0 Å². The van der Waals surface area contributed by atoms with E-state index in [9.17, 15) is 20.1 Å². The molecule has 32 heavy (non-hydrogen) atoms. The highest BCUT2D eigenvalue weighted by molar-refractivity contribution is 5.89. The third kappa shape index (κ3) is 5.90. The van der Waals surface area contributed by atoms with Crippen LogP contribution in [0.4, 0.5) is 4.79 Å². The normalized spacial score (nSPS) is 11.7. The van der Waals surface area contributed by atoms with Crippen LogP contribution in [-0.2, 0) is 9.47 Å². The van der Waals surface area contributed by atoms with Crippen molar-refractivity contribution in [2.45, 2.75) is 0 Å². The Morgan fingerprint density at radius 1 is 0.969 bits per heavy atom.